The molecule has 2 aromatic rings. The maximum atomic E-state index is 13.6. The Hall–Kier alpha value is -2.09. The Kier molecular flexibility index (Phi) is 6.40. The summed E-state index contributed by atoms with van der Waals surface area (Å²) in [5.41, 5.74) is 5.91. The van der Waals surface area contributed by atoms with E-state index in [2.05, 4.69) is 57.5 Å². The number of hydrogen-bond acceptors (Lipinski definition) is 5. The van der Waals surface area contributed by atoms with E-state index in [0.29, 0.717) is 0 Å². The number of benzene rings is 2. The minimum absolute atomic E-state index is 0.165. The van der Waals surface area contributed by atoms with Crippen molar-refractivity contribution in [2.75, 3.05) is 33.2 Å². The summed E-state index contributed by atoms with van der Waals surface area (Å²) in [4.78, 5) is 22.8. The Morgan fingerprint density at radius 3 is 2.56 bits per heavy atom. The third-order valence-electron chi connectivity index (χ3n) is 6.32. The number of fused-ring (bicyclic) bond motifs is 1. The lowest BCUT2D eigenvalue weighted by molar-refractivity contribution is -0.131. The Morgan fingerprint density at radius 2 is 1.88 bits per heavy atom. The summed E-state index contributed by atoms with van der Waals surface area (Å²) in [6, 6.07) is 16.4. The molecule has 0 aromatic heterocycles. The Morgan fingerprint density at radius 1 is 1.12 bits per heavy atom. The van der Waals surface area contributed by atoms with Crippen molar-refractivity contribution < 1.29 is 4.79 Å². The summed E-state index contributed by atoms with van der Waals surface area (Å²) < 4.78 is 1.06. The molecule has 0 radical (unpaired) electrons. The zero-order chi connectivity index (χ0) is 22.1. The summed E-state index contributed by atoms with van der Waals surface area (Å²) in [5, 5.41) is 3.90. The standard InChI is InChI=1S/C25H27BrN4OS/c1-29-22(17-8-5-9-17)20-16-19(26)10-11-21(20)28-25(29)32-23(18-6-3-2-4-7-18)24(31)30-14-12-27-13-15-30/h2-4,6-7,10-11,16,23,27H,5,8-9,12-15H2,1H3. The van der Waals surface area contributed by atoms with E-state index in [9.17, 15) is 4.79 Å². The van der Waals surface area contributed by atoms with Crippen LogP contribution in [0.2, 0.25) is 0 Å². The molecular formula is C25H27BrN4OS. The van der Waals surface area contributed by atoms with Crippen molar-refractivity contribution in [3.8, 4) is 0 Å². The first kappa shape index (κ1) is 21.7. The van der Waals surface area contributed by atoms with E-state index in [4.69, 9.17) is 4.99 Å². The largest absolute Gasteiger partial charge is 0.339 e. The molecule has 5 rings (SSSR count). The van der Waals surface area contributed by atoms with E-state index < -0.39 is 0 Å². The average Bonchev–Trinajstić information content (AvgIpc) is 2.79. The molecule has 1 unspecified atom stereocenters. The highest BCUT2D eigenvalue weighted by Crippen LogP contribution is 2.45. The van der Waals surface area contributed by atoms with E-state index >= 15 is 0 Å². The molecule has 7 heteroatoms. The third kappa shape index (κ3) is 4.26. The first-order valence-electron chi connectivity index (χ1n) is 11.2. The van der Waals surface area contributed by atoms with Crippen LogP contribution in [0.3, 0.4) is 0 Å². The number of nitrogens with zero attached hydrogens (tertiary/aromatic N) is 3. The lowest BCUT2D eigenvalue weighted by Crippen LogP contribution is -2.48. The lowest BCUT2D eigenvalue weighted by Gasteiger charge is -2.36. The molecule has 1 saturated carbocycles. The number of thioether (sulfide) groups is 1. The molecule has 0 spiro atoms. The summed E-state index contributed by atoms with van der Waals surface area (Å²) in [6.07, 6.45) is 3.50. The van der Waals surface area contributed by atoms with Crippen molar-refractivity contribution in [1.82, 2.24) is 15.1 Å². The Labute approximate surface area is 202 Å². The van der Waals surface area contributed by atoms with Crippen molar-refractivity contribution in [2.45, 2.75) is 24.5 Å². The molecule has 2 heterocycles. The van der Waals surface area contributed by atoms with Crippen LogP contribution >= 0.6 is 27.7 Å². The molecule has 1 N–H and O–H groups in total. The molecule has 2 aliphatic heterocycles. The van der Waals surface area contributed by atoms with Crippen molar-refractivity contribution in [3.63, 3.8) is 0 Å². The molecule has 0 bridgehead atoms. The predicted molar refractivity (Wildman–Crippen MR) is 136 cm³/mol. The SMILES string of the molecule is CN1C(SC(C(=O)N2CCNCC2)c2ccccc2)=Nc2ccc(Br)cc2C1=C1CCC1. The smallest absolute Gasteiger partial charge is 0.240 e. The van der Waals surface area contributed by atoms with Crippen LogP contribution in [0.25, 0.3) is 5.70 Å². The van der Waals surface area contributed by atoms with Gasteiger partial charge in [-0.3, -0.25) is 4.79 Å². The van der Waals surface area contributed by atoms with E-state index in [1.54, 1.807) is 11.8 Å². The highest BCUT2D eigenvalue weighted by atomic mass is 79.9. The van der Waals surface area contributed by atoms with Gasteiger partial charge in [-0.2, -0.15) is 0 Å². The van der Waals surface area contributed by atoms with Gasteiger partial charge in [0, 0.05) is 43.3 Å². The Balaban J connectivity index is 1.52. The van der Waals surface area contributed by atoms with Gasteiger partial charge in [-0.1, -0.05) is 58.0 Å². The maximum absolute atomic E-state index is 13.6. The van der Waals surface area contributed by atoms with E-state index in [0.717, 1.165) is 59.9 Å². The fourth-order valence-corrected chi connectivity index (χ4v) is 5.93. The topological polar surface area (TPSA) is 47.9 Å². The number of amides is 1. The normalized spacial score (nSPS) is 19.2. The lowest BCUT2D eigenvalue weighted by atomic mass is 9.87. The van der Waals surface area contributed by atoms with Gasteiger partial charge >= 0.3 is 0 Å². The first-order chi connectivity index (χ1) is 15.6. The third-order valence-corrected chi connectivity index (χ3v) is 8.10. The molecule has 1 amide bonds. The number of rotatable bonds is 3. The van der Waals surface area contributed by atoms with Crippen LogP contribution in [0.15, 0.2) is 63.6 Å². The highest BCUT2D eigenvalue weighted by Gasteiger charge is 2.33. The second-order valence-electron chi connectivity index (χ2n) is 8.40. The van der Waals surface area contributed by atoms with Gasteiger partial charge in [0.15, 0.2) is 5.17 Å². The number of carbonyl (C=O) groups excluding carboxylic acids is 1. The van der Waals surface area contributed by atoms with E-state index in [1.807, 2.05) is 29.2 Å². The van der Waals surface area contributed by atoms with Gasteiger partial charge in [0.25, 0.3) is 0 Å². The second kappa shape index (κ2) is 9.41. The molecule has 3 aliphatic rings. The fraction of sp³-hybridized carbons (Fsp3) is 0.360. The number of amidine groups is 1. The number of halogens is 1. The predicted octanol–water partition coefficient (Wildman–Crippen LogP) is 5.18. The number of nitrogens with one attached hydrogen (secondary N) is 1. The molecule has 5 nitrogen and oxygen atoms in total. The highest BCUT2D eigenvalue weighted by molar-refractivity contribution is 9.10. The van der Waals surface area contributed by atoms with Gasteiger partial charge in [0.2, 0.25) is 5.91 Å². The van der Waals surface area contributed by atoms with Gasteiger partial charge in [-0.15, -0.1) is 0 Å². The number of aliphatic imine (C=N–C) groups is 1. The van der Waals surface area contributed by atoms with Gasteiger partial charge in [0.1, 0.15) is 5.25 Å². The molecule has 166 valence electrons. The fourth-order valence-electron chi connectivity index (χ4n) is 4.42. The summed E-state index contributed by atoms with van der Waals surface area (Å²) in [7, 11) is 2.09. The minimum Gasteiger partial charge on any atom is -0.339 e. The second-order valence-corrected chi connectivity index (χ2v) is 10.4. The van der Waals surface area contributed by atoms with Crippen molar-refractivity contribution >= 4 is 50.2 Å². The van der Waals surface area contributed by atoms with Crippen molar-refractivity contribution in [1.29, 1.82) is 0 Å². The zero-order valence-electron chi connectivity index (χ0n) is 18.2. The number of allylic oxidation sites excluding steroid dienone is 1. The maximum Gasteiger partial charge on any atom is 0.240 e. The number of hydrogen-bond donors (Lipinski definition) is 1. The summed E-state index contributed by atoms with van der Waals surface area (Å²) in [6.45, 7) is 3.18. The van der Waals surface area contributed by atoms with Crippen LogP contribution in [0.5, 0.6) is 0 Å². The van der Waals surface area contributed by atoms with Crippen LogP contribution in [-0.4, -0.2) is 54.1 Å². The van der Waals surface area contributed by atoms with Crippen molar-refractivity contribution in [3.05, 3.63) is 69.7 Å². The van der Waals surface area contributed by atoms with Gasteiger partial charge in [-0.25, -0.2) is 4.99 Å². The number of piperazine rings is 1. The monoisotopic (exact) mass is 510 g/mol. The van der Waals surface area contributed by atoms with E-state index in [1.165, 1.54) is 23.3 Å². The van der Waals surface area contributed by atoms with Gasteiger partial charge < -0.3 is 15.1 Å². The molecule has 1 aliphatic carbocycles. The molecule has 2 aromatic carbocycles. The van der Waals surface area contributed by atoms with Crippen LogP contribution in [0, 0.1) is 0 Å². The van der Waals surface area contributed by atoms with Crippen LogP contribution < -0.4 is 5.32 Å². The van der Waals surface area contributed by atoms with Crippen LogP contribution in [-0.2, 0) is 4.79 Å². The minimum atomic E-state index is -0.319. The quantitative estimate of drug-likeness (QED) is 0.617. The molecule has 1 saturated heterocycles. The number of carbonyl (C=O) groups is 1. The first-order valence-corrected chi connectivity index (χ1v) is 12.8. The van der Waals surface area contributed by atoms with Gasteiger partial charge in [0.05, 0.1) is 11.4 Å². The molecular weight excluding hydrogens is 484 g/mol. The summed E-state index contributed by atoms with van der Waals surface area (Å²) in [5.74, 6) is 0.165. The average molecular weight is 511 g/mol. The Bertz CT molecular complexity index is 1070. The zero-order valence-corrected chi connectivity index (χ0v) is 20.6. The summed E-state index contributed by atoms with van der Waals surface area (Å²) >= 11 is 5.20. The van der Waals surface area contributed by atoms with Crippen molar-refractivity contribution in [2.24, 2.45) is 4.99 Å². The van der Waals surface area contributed by atoms with E-state index in [-0.39, 0.29) is 11.2 Å². The van der Waals surface area contributed by atoms with Crippen LogP contribution in [0.1, 0.15) is 35.6 Å². The molecule has 1 atom stereocenters. The molecule has 2 fully saturated rings. The van der Waals surface area contributed by atoms with Crippen LogP contribution in [0.4, 0.5) is 5.69 Å². The molecule has 32 heavy (non-hydrogen) atoms. The van der Waals surface area contributed by atoms with Gasteiger partial charge in [-0.05, 0) is 48.6 Å².